The summed E-state index contributed by atoms with van der Waals surface area (Å²) in [6, 6.07) is 14.4. The highest BCUT2D eigenvalue weighted by Crippen LogP contribution is 2.30. The fourth-order valence-corrected chi connectivity index (χ4v) is 14.5. The van der Waals surface area contributed by atoms with Crippen molar-refractivity contribution in [2.24, 2.45) is 0 Å². The fourth-order valence-electron chi connectivity index (χ4n) is 4.25. The van der Waals surface area contributed by atoms with Crippen LogP contribution >= 0.6 is 0 Å². The zero-order chi connectivity index (χ0) is 24.4. The highest BCUT2D eigenvalue weighted by atomic mass is 28.4. The van der Waals surface area contributed by atoms with Crippen LogP contribution in [0.1, 0.15) is 43.8 Å². The molecule has 0 saturated heterocycles. The molecule has 0 saturated carbocycles. The third-order valence-corrected chi connectivity index (χ3v) is 13.6. The average Bonchev–Trinajstić information content (AvgIpc) is 3.20. The lowest BCUT2D eigenvalue weighted by Gasteiger charge is -2.31. The largest absolute Gasteiger partial charge is 0.356 e. The number of benzene rings is 1. The lowest BCUT2D eigenvalue weighted by atomic mass is 10.0. The molecule has 6 nitrogen and oxygen atoms in total. The Morgan fingerprint density at radius 1 is 0.939 bits per heavy atom. The molecular weight excluding hydrogens is 440 g/mol. The van der Waals surface area contributed by atoms with E-state index in [-0.39, 0.29) is 11.6 Å². The van der Waals surface area contributed by atoms with E-state index in [1.807, 2.05) is 22.9 Å². The maximum absolute atomic E-state index is 4.47. The molecule has 8 heteroatoms. The first-order chi connectivity index (χ1) is 15.3. The number of rotatable bonds is 7. The van der Waals surface area contributed by atoms with Crippen molar-refractivity contribution in [1.29, 1.82) is 0 Å². The maximum Gasteiger partial charge on any atom is 0.178 e. The van der Waals surface area contributed by atoms with E-state index in [1.54, 1.807) is 11.0 Å². The quantitative estimate of drug-likeness (QED) is 0.412. The summed E-state index contributed by atoms with van der Waals surface area (Å²) in [6.07, 6.45) is 4.23. The molecule has 33 heavy (non-hydrogen) atoms. The minimum Gasteiger partial charge on any atom is -0.356 e. The van der Waals surface area contributed by atoms with Gasteiger partial charge in [-0.05, 0) is 54.5 Å². The highest BCUT2D eigenvalue weighted by molar-refractivity contribution is 7.05. The van der Waals surface area contributed by atoms with E-state index in [0.717, 1.165) is 17.2 Å². The molecule has 176 valence electrons. The summed E-state index contributed by atoms with van der Waals surface area (Å²) in [5, 5.41) is 16.2. The third-order valence-electron chi connectivity index (χ3n) is 5.54. The zero-order valence-corrected chi connectivity index (χ0v) is 23.5. The molecule has 0 aliphatic carbocycles. The molecule has 0 radical (unpaired) electrons. The van der Waals surface area contributed by atoms with Gasteiger partial charge >= 0.3 is 0 Å². The minimum atomic E-state index is -1.39. The number of anilines is 1. The third kappa shape index (κ3) is 6.26. The molecule has 0 bridgehead atoms. The van der Waals surface area contributed by atoms with Crippen LogP contribution in [0.4, 0.5) is 5.82 Å². The van der Waals surface area contributed by atoms with Crippen molar-refractivity contribution in [3.63, 3.8) is 0 Å². The van der Waals surface area contributed by atoms with Gasteiger partial charge in [0, 0.05) is 6.20 Å². The number of hydrogen-bond acceptors (Lipinski definition) is 5. The Hall–Kier alpha value is -2.59. The SMILES string of the molecule is CC(C)(C)n1nnnc1C(Nc1ccccn1)c1ccc(C=C([Si](C)(C)C)[Si](C)(C)C)cc1. The first kappa shape index (κ1) is 25.0. The highest BCUT2D eigenvalue weighted by Gasteiger charge is 2.31. The summed E-state index contributed by atoms with van der Waals surface area (Å²) in [7, 11) is -2.78. The van der Waals surface area contributed by atoms with E-state index in [1.165, 1.54) is 5.56 Å². The monoisotopic (exact) mass is 478 g/mol. The summed E-state index contributed by atoms with van der Waals surface area (Å²) in [4.78, 5) is 6.16. The molecular formula is C25H38N6Si2. The van der Waals surface area contributed by atoms with E-state index < -0.39 is 16.1 Å². The van der Waals surface area contributed by atoms with Crippen LogP contribution in [-0.4, -0.2) is 41.3 Å². The van der Waals surface area contributed by atoms with Gasteiger partial charge in [0.1, 0.15) is 11.9 Å². The Balaban J connectivity index is 2.04. The molecule has 0 fully saturated rings. The molecule has 1 N–H and O–H groups in total. The predicted molar refractivity (Wildman–Crippen MR) is 144 cm³/mol. The van der Waals surface area contributed by atoms with Gasteiger partial charge < -0.3 is 5.32 Å². The lowest BCUT2D eigenvalue weighted by molar-refractivity contribution is 0.333. The van der Waals surface area contributed by atoms with Crippen LogP contribution in [0, 0.1) is 0 Å². The Labute approximate surface area is 200 Å². The number of hydrogen-bond donors (Lipinski definition) is 1. The molecule has 0 spiro atoms. The summed E-state index contributed by atoms with van der Waals surface area (Å²) in [6.45, 7) is 21.0. The molecule has 0 aliphatic rings. The Bertz CT molecular complexity index is 1070. The normalized spacial score (nSPS) is 13.5. The lowest BCUT2D eigenvalue weighted by Crippen LogP contribution is -2.39. The van der Waals surface area contributed by atoms with E-state index >= 15 is 0 Å². The van der Waals surface area contributed by atoms with E-state index in [4.69, 9.17) is 0 Å². The molecule has 1 aromatic carbocycles. The topological polar surface area (TPSA) is 68.5 Å². The van der Waals surface area contributed by atoms with Gasteiger partial charge in [0.25, 0.3) is 0 Å². The molecule has 3 rings (SSSR count). The average molecular weight is 479 g/mol. The van der Waals surface area contributed by atoms with Crippen LogP contribution in [-0.2, 0) is 5.54 Å². The molecule has 0 amide bonds. The first-order valence-corrected chi connectivity index (χ1v) is 18.6. The Morgan fingerprint density at radius 2 is 1.58 bits per heavy atom. The number of nitrogens with zero attached hydrogens (tertiary/aromatic N) is 5. The van der Waals surface area contributed by atoms with Gasteiger partial charge in [-0.3, -0.25) is 0 Å². The van der Waals surface area contributed by atoms with Gasteiger partial charge in [-0.2, -0.15) is 0 Å². The van der Waals surface area contributed by atoms with Gasteiger partial charge in [-0.25, -0.2) is 9.67 Å². The van der Waals surface area contributed by atoms with Crippen LogP contribution in [0.3, 0.4) is 0 Å². The zero-order valence-electron chi connectivity index (χ0n) is 21.5. The van der Waals surface area contributed by atoms with E-state index in [2.05, 4.69) is 116 Å². The van der Waals surface area contributed by atoms with Crippen LogP contribution in [0.5, 0.6) is 0 Å². The summed E-state index contributed by atoms with van der Waals surface area (Å²) < 4.78 is 1.88. The van der Waals surface area contributed by atoms with Crippen molar-refractivity contribution in [3.05, 3.63) is 70.4 Å². The van der Waals surface area contributed by atoms with Gasteiger partial charge in [-0.1, -0.05) is 80.5 Å². The molecule has 2 heterocycles. The minimum absolute atomic E-state index is 0.222. The van der Waals surface area contributed by atoms with E-state index in [9.17, 15) is 0 Å². The second-order valence-electron chi connectivity index (χ2n) is 11.6. The van der Waals surface area contributed by atoms with Crippen LogP contribution in [0.15, 0.2) is 53.5 Å². The van der Waals surface area contributed by atoms with E-state index in [0.29, 0.717) is 0 Å². The van der Waals surface area contributed by atoms with Crippen molar-refractivity contribution in [1.82, 2.24) is 25.2 Å². The second kappa shape index (κ2) is 9.34. The smallest absolute Gasteiger partial charge is 0.178 e. The van der Waals surface area contributed by atoms with Crippen LogP contribution in [0.2, 0.25) is 39.3 Å². The number of aromatic nitrogens is 5. The van der Waals surface area contributed by atoms with Gasteiger partial charge in [0.05, 0.1) is 21.7 Å². The Kier molecular flexibility index (Phi) is 7.09. The van der Waals surface area contributed by atoms with Gasteiger partial charge in [0.15, 0.2) is 5.82 Å². The standard InChI is InChI=1S/C25H38N6Si2/c1-25(2,3)31-24(28-29-30-31)23(27-21-12-10-11-17-26-21)20-15-13-19(14-16-20)18-22(32(4,5)6)33(7,8)9/h10-18,23H,1-9H3,(H,26,27). The molecule has 3 aromatic rings. The van der Waals surface area contributed by atoms with Gasteiger partial charge in [-0.15, -0.1) is 5.10 Å². The van der Waals surface area contributed by atoms with Crippen molar-refractivity contribution >= 4 is 28.0 Å². The van der Waals surface area contributed by atoms with Gasteiger partial charge in [0.2, 0.25) is 0 Å². The van der Waals surface area contributed by atoms with Crippen molar-refractivity contribution < 1.29 is 0 Å². The summed E-state index contributed by atoms with van der Waals surface area (Å²) in [5.41, 5.74) is 2.11. The Morgan fingerprint density at radius 3 is 2.09 bits per heavy atom. The maximum atomic E-state index is 4.47. The van der Waals surface area contributed by atoms with Crippen LogP contribution < -0.4 is 5.32 Å². The molecule has 2 aromatic heterocycles. The van der Waals surface area contributed by atoms with Crippen LogP contribution in [0.25, 0.3) is 6.08 Å². The molecule has 0 aliphatic heterocycles. The summed E-state index contributed by atoms with van der Waals surface area (Å²) >= 11 is 0. The fraction of sp³-hybridized carbons (Fsp3) is 0.440. The summed E-state index contributed by atoms with van der Waals surface area (Å²) in [5.74, 6) is 1.55. The molecule has 1 unspecified atom stereocenters. The number of tetrazole rings is 1. The number of nitrogens with one attached hydrogen (secondary N) is 1. The van der Waals surface area contributed by atoms with Crippen molar-refractivity contribution in [3.8, 4) is 0 Å². The molecule has 1 atom stereocenters. The first-order valence-electron chi connectivity index (χ1n) is 11.6. The second-order valence-corrected chi connectivity index (χ2v) is 22.2. The van der Waals surface area contributed by atoms with Crippen molar-refractivity contribution in [2.45, 2.75) is 71.6 Å². The number of pyridine rings is 1. The van der Waals surface area contributed by atoms with Crippen molar-refractivity contribution in [2.75, 3.05) is 5.32 Å². The predicted octanol–water partition coefficient (Wildman–Crippen LogP) is 6.16.